The predicted octanol–water partition coefficient (Wildman–Crippen LogP) is 9.11. The first-order valence-electron chi connectivity index (χ1n) is 19.0. The summed E-state index contributed by atoms with van der Waals surface area (Å²) in [5, 5.41) is 18.2. The van der Waals surface area contributed by atoms with Crippen LogP contribution in [0, 0.1) is 0 Å². The van der Waals surface area contributed by atoms with Crippen LogP contribution < -0.4 is 0 Å². The largest absolute Gasteiger partial charge is 0.472 e. The van der Waals surface area contributed by atoms with Crippen molar-refractivity contribution in [3.8, 4) is 0 Å². The Morgan fingerprint density at radius 1 is 0.553 bits per heavy atom. The molecule has 0 aliphatic heterocycles. The van der Waals surface area contributed by atoms with Gasteiger partial charge in [0.15, 0.2) is 6.10 Å². The molecular formula is C36H71O10P. The lowest BCUT2D eigenvalue weighted by Gasteiger charge is -2.20. The summed E-state index contributed by atoms with van der Waals surface area (Å²) in [6.45, 7) is 2.37. The van der Waals surface area contributed by atoms with Gasteiger partial charge in [0.2, 0.25) is 0 Å². The molecule has 0 amide bonds. The van der Waals surface area contributed by atoms with E-state index in [-0.39, 0.29) is 19.4 Å². The molecule has 3 N–H and O–H groups in total. The molecule has 0 aromatic carbocycles. The molecular weight excluding hydrogens is 623 g/mol. The van der Waals surface area contributed by atoms with E-state index in [1.165, 1.54) is 103 Å². The van der Waals surface area contributed by atoms with Gasteiger partial charge in [0, 0.05) is 12.8 Å². The van der Waals surface area contributed by atoms with Gasteiger partial charge >= 0.3 is 19.8 Å². The van der Waals surface area contributed by atoms with Crippen LogP contribution in [0.5, 0.6) is 0 Å². The fourth-order valence-electron chi connectivity index (χ4n) is 5.29. The molecule has 0 saturated carbocycles. The van der Waals surface area contributed by atoms with E-state index in [9.17, 15) is 24.2 Å². The normalized spacial score (nSPS) is 14.1. The van der Waals surface area contributed by atoms with Crippen molar-refractivity contribution in [3.05, 3.63) is 0 Å². The molecule has 0 spiro atoms. The van der Waals surface area contributed by atoms with Gasteiger partial charge in [0.05, 0.1) is 19.8 Å². The van der Waals surface area contributed by atoms with Gasteiger partial charge in [0.25, 0.3) is 0 Å². The Balaban J connectivity index is 4.35. The first-order chi connectivity index (χ1) is 22.7. The second kappa shape index (κ2) is 33.5. The van der Waals surface area contributed by atoms with Crippen LogP contribution in [0.4, 0.5) is 0 Å². The summed E-state index contributed by atoms with van der Waals surface area (Å²) >= 11 is 0. The van der Waals surface area contributed by atoms with Crippen LogP contribution in [0.1, 0.15) is 181 Å². The number of aliphatic hydroxyl groups excluding tert-OH is 2. The van der Waals surface area contributed by atoms with Gasteiger partial charge in [-0.3, -0.25) is 18.6 Å². The molecule has 3 atom stereocenters. The summed E-state index contributed by atoms with van der Waals surface area (Å²) in [7, 11) is -4.60. The maximum absolute atomic E-state index is 12.5. The van der Waals surface area contributed by atoms with E-state index in [1.807, 2.05) is 0 Å². The number of unbranched alkanes of at least 4 members (excludes halogenated alkanes) is 22. The van der Waals surface area contributed by atoms with Crippen molar-refractivity contribution in [2.75, 3.05) is 26.4 Å². The molecule has 0 aromatic rings. The fraction of sp³-hybridized carbons (Fsp3) is 0.944. The molecule has 0 aromatic heterocycles. The van der Waals surface area contributed by atoms with E-state index in [1.54, 1.807) is 0 Å². The maximum atomic E-state index is 12.5. The highest BCUT2D eigenvalue weighted by Crippen LogP contribution is 2.43. The van der Waals surface area contributed by atoms with E-state index in [2.05, 4.69) is 18.4 Å². The van der Waals surface area contributed by atoms with E-state index >= 15 is 0 Å². The van der Waals surface area contributed by atoms with Gasteiger partial charge in [-0.1, -0.05) is 155 Å². The Kier molecular flexibility index (Phi) is 32.7. The van der Waals surface area contributed by atoms with E-state index in [0.29, 0.717) is 12.8 Å². The van der Waals surface area contributed by atoms with Crippen LogP contribution >= 0.6 is 7.82 Å². The molecule has 280 valence electrons. The Hall–Kier alpha value is -1.03. The van der Waals surface area contributed by atoms with Gasteiger partial charge in [-0.05, 0) is 12.8 Å². The number of hydrogen-bond acceptors (Lipinski definition) is 9. The molecule has 0 aliphatic rings. The summed E-state index contributed by atoms with van der Waals surface area (Å²) in [4.78, 5) is 34.7. The molecule has 0 bridgehead atoms. The van der Waals surface area contributed by atoms with Gasteiger partial charge in [-0.15, -0.1) is 0 Å². The van der Waals surface area contributed by atoms with Crippen LogP contribution in [0.15, 0.2) is 0 Å². The Bertz CT molecular complexity index is 766. The van der Waals surface area contributed by atoms with E-state index < -0.39 is 51.8 Å². The number of phosphoric acid groups is 1. The zero-order valence-electron chi connectivity index (χ0n) is 30.0. The Labute approximate surface area is 286 Å². The molecule has 0 aliphatic carbocycles. The maximum Gasteiger partial charge on any atom is 0.472 e. The molecule has 0 radical (unpaired) electrons. The third-order valence-electron chi connectivity index (χ3n) is 8.26. The molecule has 0 rings (SSSR count). The summed E-state index contributed by atoms with van der Waals surface area (Å²) in [5.74, 6) is -0.916. The summed E-state index contributed by atoms with van der Waals surface area (Å²) in [5.41, 5.74) is 0. The van der Waals surface area contributed by atoms with Gasteiger partial charge < -0.3 is 24.6 Å². The number of aliphatic hydroxyl groups is 2. The second-order valence-corrected chi connectivity index (χ2v) is 14.4. The minimum Gasteiger partial charge on any atom is -0.462 e. The zero-order chi connectivity index (χ0) is 34.9. The van der Waals surface area contributed by atoms with Crippen molar-refractivity contribution < 1.29 is 47.8 Å². The summed E-state index contributed by atoms with van der Waals surface area (Å²) < 4.78 is 32.5. The molecule has 3 unspecified atom stereocenters. The minimum atomic E-state index is -4.60. The van der Waals surface area contributed by atoms with Crippen LogP contribution in [-0.4, -0.2) is 65.7 Å². The van der Waals surface area contributed by atoms with Gasteiger partial charge in [-0.25, -0.2) is 4.57 Å². The summed E-state index contributed by atoms with van der Waals surface area (Å²) in [6.07, 6.45) is 26.4. The van der Waals surface area contributed by atoms with Crippen molar-refractivity contribution in [2.24, 2.45) is 0 Å². The molecule has 10 nitrogen and oxygen atoms in total. The third-order valence-corrected chi connectivity index (χ3v) is 9.21. The van der Waals surface area contributed by atoms with Crippen molar-refractivity contribution in [2.45, 2.75) is 193 Å². The molecule has 0 heterocycles. The van der Waals surface area contributed by atoms with Crippen molar-refractivity contribution in [3.63, 3.8) is 0 Å². The minimum absolute atomic E-state index is 0.191. The third kappa shape index (κ3) is 33.3. The van der Waals surface area contributed by atoms with Crippen LogP contribution in [-0.2, 0) is 32.7 Å². The van der Waals surface area contributed by atoms with Crippen molar-refractivity contribution in [1.29, 1.82) is 0 Å². The van der Waals surface area contributed by atoms with Crippen molar-refractivity contribution in [1.82, 2.24) is 0 Å². The highest BCUT2D eigenvalue weighted by atomic mass is 31.2. The fourth-order valence-corrected chi connectivity index (χ4v) is 6.08. The van der Waals surface area contributed by atoms with Gasteiger partial charge in [-0.2, -0.15) is 0 Å². The standard InChI is InChI=1S/C36H71O10P/c1-3-5-7-9-11-13-15-16-18-20-22-24-26-28-36(40)46-34(32-45-47(41,42)44-30-33(38)29-37)31-43-35(39)27-25-23-21-19-17-14-12-10-8-6-4-2/h33-34,37-38H,3-32H2,1-2H3,(H,41,42). The average molecular weight is 695 g/mol. The number of phosphoric ester groups is 1. The highest BCUT2D eigenvalue weighted by molar-refractivity contribution is 7.47. The quantitative estimate of drug-likeness (QED) is 0.0329. The Morgan fingerprint density at radius 3 is 1.32 bits per heavy atom. The molecule has 0 saturated heterocycles. The lowest BCUT2D eigenvalue weighted by molar-refractivity contribution is -0.161. The predicted molar refractivity (Wildman–Crippen MR) is 187 cm³/mol. The SMILES string of the molecule is CCCCCCCCCCCCCCCC(=O)OC(COC(=O)CCCCCCCCCCCCC)COP(=O)(O)OCC(O)CO. The topological polar surface area (TPSA) is 149 Å². The van der Waals surface area contributed by atoms with Crippen molar-refractivity contribution >= 4 is 19.8 Å². The monoisotopic (exact) mass is 694 g/mol. The molecule has 47 heavy (non-hydrogen) atoms. The lowest BCUT2D eigenvalue weighted by atomic mass is 10.0. The van der Waals surface area contributed by atoms with Gasteiger partial charge in [0.1, 0.15) is 12.7 Å². The summed E-state index contributed by atoms with van der Waals surface area (Å²) in [6, 6.07) is 0. The number of rotatable bonds is 36. The number of ether oxygens (including phenoxy) is 2. The smallest absolute Gasteiger partial charge is 0.462 e. The number of carbonyl (C=O) groups is 2. The highest BCUT2D eigenvalue weighted by Gasteiger charge is 2.27. The average Bonchev–Trinajstić information content (AvgIpc) is 3.05. The first kappa shape index (κ1) is 46.0. The lowest BCUT2D eigenvalue weighted by Crippen LogP contribution is -2.29. The number of esters is 2. The zero-order valence-corrected chi connectivity index (χ0v) is 30.9. The van der Waals surface area contributed by atoms with Crippen LogP contribution in [0.3, 0.4) is 0 Å². The van der Waals surface area contributed by atoms with E-state index in [4.69, 9.17) is 19.1 Å². The number of carbonyl (C=O) groups excluding carboxylic acids is 2. The van der Waals surface area contributed by atoms with E-state index in [0.717, 1.165) is 38.5 Å². The Morgan fingerprint density at radius 2 is 0.915 bits per heavy atom. The number of hydrogen-bond donors (Lipinski definition) is 3. The molecule has 11 heteroatoms. The molecule has 0 fully saturated rings. The second-order valence-electron chi connectivity index (χ2n) is 13.0. The van der Waals surface area contributed by atoms with Crippen LogP contribution in [0.25, 0.3) is 0 Å². The van der Waals surface area contributed by atoms with Crippen LogP contribution in [0.2, 0.25) is 0 Å². The first-order valence-corrected chi connectivity index (χ1v) is 20.5.